The second kappa shape index (κ2) is 8.51. The van der Waals surface area contributed by atoms with Gasteiger partial charge in [0.05, 0.1) is 23.2 Å². The van der Waals surface area contributed by atoms with Gasteiger partial charge in [0.25, 0.3) is 0 Å². The molecule has 0 aliphatic rings. The van der Waals surface area contributed by atoms with Crippen molar-refractivity contribution in [2.45, 2.75) is 24.9 Å². The number of amides is 1. The molecule has 5 nitrogen and oxygen atoms in total. The second-order valence-corrected chi connectivity index (χ2v) is 9.08. The summed E-state index contributed by atoms with van der Waals surface area (Å²) in [5, 5.41) is 5.18. The number of anilines is 2. The first-order valence-corrected chi connectivity index (χ1v) is 10.1. The first-order chi connectivity index (χ1) is 12.2. The third-order valence-electron chi connectivity index (χ3n) is 3.67. The quantitative estimate of drug-likeness (QED) is 0.742. The number of hydrogen-bond donors (Lipinski definition) is 2. The fraction of sp³-hybridized carbons (Fsp3) is 0.278. The number of benzene rings is 2. The summed E-state index contributed by atoms with van der Waals surface area (Å²) in [5.74, 6) is -1.10. The average molecular weight is 399 g/mol. The molecule has 0 saturated carbocycles. The van der Waals surface area contributed by atoms with Gasteiger partial charge in [-0.05, 0) is 49.7 Å². The lowest BCUT2D eigenvalue weighted by molar-refractivity contribution is -0.114. The van der Waals surface area contributed by atoms with Crippen LogP contribution in [0.4, 0.5) is 15.8 Å². The van der Waals surface area contributed by atoms with E-state index >= 15 is 0 Å². The Morgan fingerprint density at radius 3 is 2.62 bits per heavy atom. The van der Waals surface area contributed by atoms with E-state index in [9.17, 15) is 17.6 Å². The molecular formula is C18H20ClFN2O3S. The van der Waals surface area contributed by atoms with Crippen molar-refractivity contribution in [3.63, 3.8) is 0 Å². The Morgan fingerprint density at radius 1 is 1.19 bits per heavy atom. The van der Waals surface area contributed by atoms with Crippen LogP contribution in [-0.4, -0.2) is 26.1 Å². The number of sulfone groups is 1. The molecule has 0 unspecified atom stereocenters. The predicted molar refractivity (Wildman–Crippen MR) is 103 cm³/mol. The highest BCUT2D eigenvalue weighted by atomic mass is 35.5. The Hall–Kier alpha value is -2.12. The van der Waals surface area contributed by atoms with Crippen molar-refractivity contribution in [2.24, 2.45) is 0 Å². The van der Waals surface area contributed by atoms with E-state index < -0.39 is 26.8 Å². The van der Waals surface area contributed by atoms with Crippen LogP contribution in [0.2, 0.25) is 5.02 Å². The molecule has 0 aliphatic heterocycles. The normalized spacial score (nSPS) is 11.4. The van der Waals surface area contributed by atoms with E-state index in [0.717, 1.165) is 0 Å². The van der Waals surface area contributed by atoms with Crippen molar-refractivity contribution >= 4 is 38.7 Å². The molecule has 0 saturated heterocycles. The van der Waals surface area contributed by atoms with Crippen LogP contribution in [0.5, 0.6) is 0 Å². The minimum Gasteiger partial charge on any atom is -0.376 e. The Morgan fingerprint density at radius 2 is 1.92 bits per heavy atom. The van der Waals surface area contributed by atoms with E-state index in [1.807, 2.05) is 0 Å². The van der Waals surface area contributed by atoms with Crippen LogP contribution in [0.3, 0.4) is 0 Å². The van der Waals surface area contributed by atoms with E-state index in [0.29, 0.717) is 16.3 Å². The summed E-state index contributed by atoms with van der Waals surface area (Å²) in [5.41, 5.74) is 1.23. The maximum absolute atomic E-state index is 13.6. The van der Waals surface area contributed by atoms with Gasteiger partial charge in [-0.15, -0.1) is 0 Å². The van der Waals surface area contributed by atoms with Gasteiger partial charge < -0.3 is 10.6 Å². The number of carbonyl (C=O) groups is 1. The van der Waals surface area contributed by atoms with Gasteiger partial charge in [-0.3, -0.25) is 4.79 Å². The predicted octanol–water partition coefficient (Wildman–Crippen LogP) is 3.85. The highest BCUT2D eigenvalue weighted by Crippen LogP contribution is 2.20. The van der Waals surface area contributed by atoms with Gasteiger partial charge in [0, 0.05) is 10.7 Å². The SMILES string of the molecule is CC(C)S(=O)(=O)Cc1cccc(NCC(=O)Nc2cc(Cl)ccc2F)c1. The molecule has 26 heavy (non-hydrogen) atoms. The van der Waals surface area contributed by atoms with Crippen LogP contribution >= 0.6 is 11.6 Å². The summed E-state index contributed by atoms with van der Waals surface area (Å²) < 4.78 is 37.6. The minimum atomic E-state index is -3.21. The van der Waals surface area contributed by atoms with E-state index in [2.05, 4.69) is 10.6 Å². The van der Waals surface area contributed by atoms with Crippen LogP contribution < -0.4 is 10.6 Å². The van der Waals surface area contributed by atoms with Crippen molar-refractivity contribution in [1.82, 2.24) is 0 Å². The lowest BCUT2D eigenvalue weighted by atomic mass is 10.2. The van der Waals surface area contributed by atoms with Gasteiger partial charge in [0.2, 0.25) is 5.91 Å². The zero-order valence-electron chi connectivity index (χ0n) is 14.4. The highest BCUT2D eigenvalue weighted by Gasteiger charge is 2.17. The molecule has 0 aliphatic carbocycles. The molecule has 0 bridgehead atoms. The molecule has 0 radical (unpaired) electrons. The van der Waals surface area contributed by atoms with E-state index in [4.69, 9.17) is 11.6 Å². The van der Waals surface area contributed by atoms with Crippen molar-refractivity contribution < 1.29 is 17.6 Å². The Labute approximate surface area is 157 Å². The third kappa shape index (κ3) is 5.71. The number of nitrogens with one attached hydrogen (secondary N) is 2. The van der Waals surface area contributed by atoms with Crippen LogP contribution in [0, 0.1) is 5.82 Å². The van der Waals surface area contributed by atoms with Crippen molar-refractivity contribution in [1.29, 1.82) is 0 Å². The van der Waals surface area contributed by atoms with Gasteiger partial charge in [0.1, 0.15) is 5.82 Å². The fourth-order valence-electron chi connectivity index (χ4n) is 2.14. The number of halogens is 2. The Bertz CT molecular complexity index is 901. The summed E-state index contributed by atoms with van der Waals surface area (Å²) in [6.07, 6.45) is 0. The van der Waals surface area contributed by atoms with E-state index in [-0.39, 0.29) is 18.0 Å². The monoisotopic (exact) mass is 398 g/mol. The topological polar surface area (TPSA) is 75.3 Å². The van der Waals surface area contributed by atoms with Gasteiger partial charge in [0.15, 0.2) is 9.84 Å². The maximum Gasteiger partial charge on any atom is 0.243 e. The van der Waals surface area contributed by atoms with Crippen LogP contribution in [0.1, 0.15) is 19.4 Å². The van der Waals surface area contributed by atoms with Crippen molar-refractivity contribution in [2.75, 3.05) is 17.2 Å². The molecule has 2 aromatic rings. The fourth-order valence-corrected chi connectivity index (χ4v) is 3.29. The molecule has 1 amide bonds. The zero-order chi connectivity index (χ0) is 19.3. The Kier molecular flexibility index (Phi) is 6.61. The molecule has 2 N–H and O–H groups in total. The summed E-state index contributed by atoms with van der Waals surface area (Å²) in [6.45, 7) is 3.17. The lowest BCUT2D eigenvalue weighted by Crippen LogP contribution is -2.22. The zero-order valence-corrected chi connectivity index (χ0v) is 16.0. The first-order valence-electron chi connectivity index (χ1n) is 7.96. The van der Waals surface area contributed by atoms with Crippen molar-refractivity contribution in [3.8, 4) is 0 Å². The van der Waals surface area contributed by atoms with Crippen LogP contribution in [0.15, 0.2) is 42.5 Å². The minimum absolute atomic E-state index is 0.000998. The third-order valence-corrected chi connectivity index (χ3v) is 6.08. The summed E-state index contributed by atoms with van der Waals surface area (Å²) in [6, 6.07) is 10.7. The van der Waals surface area contributed by atoms with Crippen LogP contribution in [0.25, 0.3) is 0 Å². The maximum atomic E-state index is 13.6. The molecule has 8 heteroatoms. The standard InChI is InChI=1S/C18H20ClFN2O3S/c1-12(2)26(24,25)11-13-4-3-5-15(8-13)21-10-18(23)22-17-9-14(19)6-7-16(17)20/h3-9,12,21H,10-11H2,1-2H3,(H,22,23). The molecule has 2 aromatic carbocycles. The van der Waals surface area contributed by atoms with Gasteiger partial charge in [-0.2, -0.15) is 0 Å². The molecule has 0 atom stereocenters. The Balaban J connectivity index is 1.98. The summed E-state index contributed by atoms with van der Waals surface area (Å²) in [7, 11) is -3.21. The average Bonchev–Trinajstić information content (AvgIpc) is 2.56. The van der Waals surface area contributed by atoms with Crippen LogP contribution in [-0.2, 0) is 20.4 Å². The van der Waals surface area contributed by atoms with Gasteiger partial charge >= 0.3 is 0 Å². The van der Waals surface area contributed by atoms with E-state index in [1.165, 1.54) is 18.2 Å². The molecule has 0 heterocycles. The number of rotatable bonds is 7. The van der Waals surface area contributed by atoms with Gasteiger partial charge in [-0.25, -0.2) is 12.8 Å². The molecule has 140 valence electrons. The van der Waals surface area contributed by atoms with E-state index in [1.54, 1.807) is 38.1 Å². The highest BCUT2D eigenvalue weighted by molar-refractivity contribution is 7.91. The van der Waals surface area contributed by atoms with Gasteiger partial charge in [-0.1, -0.05) is 23.7 Å². The molecule has 0 aromatic heterocycles. The number of carbonyl (C=O) groups excluding carboxylic acids is 1. The lowest BCUT2D eigenvalue weighted by Gasteiger charge is -2.11. The molecule has 0 spiro atoms. The molecular weight excluding hydrogens is 379 g/mol. The second-order valence-electron chi connectivity index (χ2n) is 6.08. The largest absolute Gasteiger partial charge is 0.376 e. The van der Waals surface area contributed by atoms with Crippen molar-refractivity contribution in [3.05, 3.63) is 58.9 Å². The summed E-state index contributed by atoms with van der Waals surface area (Å²) in [4.78, 5) is 12.0. The smallest absolute Gasteiger partial charge is 0.243 e. The molecule has 2 rings (SSSR count). The number of hydrogen-bond acceptors (Lipinski definition) is 4. The first kappa shape index (κ1) is 20.2. The molecule has 0 fully saturated rings. The summed E-state index contributed by atoms with van der Waals surface area (Å²) >= 11 is 5.78.